The van der Waals surface area contributed by atoms with Gasteiger partial charge < -0.3 is 10.1 Å². The van der Waals surface area contributed by atoms with E-state index in [1.165, 1.54) is 22.9 Å². The molecule has 0 aliphatic carbocycles. The molecular weight excluding hydrogens is 411 g/mol. The number of aromatic nitrogens is 2. The summed E-state index contributed by atoms with van der Waals surface area (Å²) in [5.74, 6) is -0.698. The molecule has 0 aliphatic rings. The lowest BCUT2D eigenvalue weighted by atomic mass is 10.1. The fraction of sp³-hybridized carbons (Fsp3) is 0.227. The molecule has 0 saturated carbocycles. The molecule has 31 heavy (non-hydrogen) atoms. The summed E-state index contributed by atoms with van der Waals surface area (Å²) >= 11 is 0. The van der Waals surface area contributed by atoms with Gasteiger partial charge in [0.05, 0.1) is 5.69 Å². The standard InChI is InChI=1S/C22H20F3N3O3/c1-15-4-6-16(7-5-15)19-12-13-21(30)28(27-19)14-2-3-20(29)26-17-8-10-18(11-9-17)31-22(23,24)25/h4-13H,2-3,14H2,1H3,(H,26,29). The summed E-state index contributed by atoms with van der Waals surface area (Å²) in [6, 6.07) is 15.7. The normalized spacial score (nSPS) is 11.2. The number of alkyl halides is 3. The minimum atomic E-state index is -4.77. The Bertz CT molecular complexity index is 1090. The number of aryl methyl sites for hydroxylation is 2. The molecule has 0 saturated heterocycles. The number of halogens is 3. The third-order valence-electron chi connectivity index (χ3n) is 4.36. The Balaban J connectivity index is 1.54. The van der Waals surface area contributed by atoms with E-state index < -0.39 is 6.36 Å². The van der Waals surface area contributed by atoms with E-state index in [-0.39, 0.29) is 30.2 Å². The van der Waals surface area contributed by atoms with Gasteiger partial charge in [0.2, 0.25) is 5.91 Å². The van der Waals surface area contributed by atoms with Gasteiger partial charge in [-0.1, -0.05) is 29.8 Å². The van der Waals surface area contributed by atoms with Gasteiger partial charge in [0, 0.05) is 30.3 Å². The van der Waals surface area contributed by atoms with Crippen LogP contribution in [0.4, 0.5) is 18.9 Å². The van der Waals surface area contributed by atoms with Gasteiger partial charge in [-0.15, -0.1) is 13.2 Å². The fourth-order valence-corrected chi connectivity index (χ4v) is 2.84. The average molecular weight is 431 g/mol. The van der Waals surface area contributed by atoms with Crippen LogP contribution in [0.25, 0.3) is 11.3 Å². The molecular formula is C22H20F3N3O3. The zero-order chi connectivity index (χ0) is 22.4. The highest BCUT2D eigenvalue weighted by Crippen LogP contribution is 2.24. The number of ether oxygens (including phenoxy) is 1. The van der Waals surface area contributed by atoms with Crippen molar-refractivity contribution in [3.63, 3.8) is 0 Å². The first kappa shape index (κ1) is 22.1. The highest BCUT2D eigenvalue weighted by atomic mass is 19.4. The van der Waals surface area contributed by atoms with E-state index in [4.69, 9.17) is 0 Å². The molecule has 162 valence electrons. The first-order valence-electron chi connectivity index (χ1n) is 9.50. The molecule has 3 aromatic rings. The van der Waals surface area contributed by atoms with Crippen molar-refractivity contribution in [1.82, 2.24) is 9.78 Å². The minimum absolute atomic E-state index is 0.115. The van der Waals surface area contributed by atoms with Crippen molar-refractivity contribution >= 4 is 11.6 Å². The van der Waals surface area contributed by atoms with Crippen molar-refractivity contribution in [2.45, 2.75) is 32.7 Å². The Kier molecular flexibility index (Phi) is 6.74. The number of nitrogens with zero attached hydrogens (tertiary/aromatic N) is 2. The highest BCUT2D eigenvalue weighted by molar-refractivity contribution is 5.90. The predicted molar refractivity (Wildman–Crippen MR) is 110 cm³/mol. The summed E-state index contributed by atoms with van der Waals surface area (Å²) in [7, 11) is 0. The Morgan fingerprint density at radius 2 is 1.71 bits per heavy atom. The molecule has 2 aromatic carbocycles. The predicted octanol–water partition coefficient (Wildman–Crippen LogP) is 4.54. The number of anilines is 1. The molecule has 0 bridgehead atoms. The first-order chi connectivity index (χ1) is 14.7. The molecule has 0 unspecified atom stereocenters. The SMILES string of the molecule is Cc1ccc(-c2ccc(=O)n(CCCC(=O)Nc3ccc(OC(F)(F)F)cc3)n2)cc1. The number of hydrogen-bond acceptors (Lipinski definition) is 4. The van der Waals surface area contributed by atoms with Gasteiger partial charge in [-0.3, -0.25) is 9.59 Å². The second-order valence-corrected chi connectivity index (χ2v) is 6.87. The molecule has 0 spiro atoms. The molecule has 0 radical (unpaired) electrons. The largest absolute Gasteiger partial charge is 0.573 e. The van der Waals surface area contributed by atoms with Crippen molar-refractivity contribution in [3.8, 4) is 17.0 Å². The van der Waals surface area contributed by atoms with Crippen molar-refractivity contribution in [1.29, 1.82) is 0 Å². The van der Waals surface area contributed by atoms with Gasteiger partial charge in [0.1, 0.15) is 5.75 Å². The quantitative estimate of drug-likeness (QED) is 0.596. The summed E-state index contributed by atoms with van der Waals surface area (Å²) in [6.07, 6.45) is -4.29. The van der Waals surface area contributed by atoms with E-state index >= 15 is 0 Å². The second kappa shape index (κ2) is 9.46. The van der Waals surface area contributed by atoms with Crippen LogP contribution in [0, 0.1) is 6.92 Å². The Morgan fingerprint density at radius 1 is 1.03 bits per heavy atom. The molecule has 0 atom stereocenters. The van der Waals surface area contributed by atoms with E-state index in [2.05, 4.69) is 15.2 Å². The van der Waals surface area contributed by atoms with Gasteiger partial charge in [-0.2, -0.15) is 5.10 Å². The van der Waals surface area contributed by atoms with Crippen LogP contribution in [0.5, 0.6) is 5.75 Å². The molecule has 3 rings (SSSR count). The average Bonchev–Trinajstić information content (AvgIpc) is 2.70. The van der Waals surface area contributed by atoms with E-state index in [9.17, 15) is 22.8 Å². The number of rotatable bonds is 7. The van der Waals surface area contributed by atoms with Crippen LogP contribution in [-0.4, -0.2) is 22.1 Å². The van der Waals surface area contributed by atoms with E-state index in [1.54, 1.807) is 6.07 Å². The van der Waals surface area contributed by atoms with Crippen LogP contribution in [0.1, 0.15) is 18.4 Å². The zero-order valence-corrected chi connectivity index (χ0v) is 16.6. The highest BCUT2D eigenvalue weighted by Gasteiger charge is 2.30. The lowest BCUT2D eigenvalue weighted by Gasteiger charge is -2.10. The number of carbonyl (C=O) groups excluding carboxylic acids is 1. The van der Waals surface area contributed by atoms with E-state index in [1.807, 2.05) is 31.2 Å². The van der Waals surface area contributed by atoms with Gasteiger partial charge in [0.15, 0.2) is 0 Å². The third kappa shape index (κ3) is 6.70. The number of carbonyl (C=O) groups is 1. The van der Waals surface area contributed by atoms with Crippen molar-refractivity contribution in [2.24, 2.45) is 0 Å². The smallest absolute Gasteiger partial charge is 0.406 e. The Morgan fingerprint density at radius 3 is 2.35 bits per heavy atom. The zero-order valence-electron chi connectivity index (χ0n) is 16.6. The van der Waals surface area contributed by atoms with Gasteiger partial charge >= 0.3 is 6.36 Å². The second-order valence-electron chi connectivity index (χ2n) is 6.87. The van der Waals surface area contributed by atoms with Crippen LogP contribution in [0.3, 0.4) is 0 Å². The van der Waals surface area contributed by atoms with Crippen molar-refractivity contribution in [2.75, 3.05) is 5.32 Å². The lowest BCUT2D eigenvalue weighted by Crippen LogP contribution is -2.23. The number of nitrogens with one attached hydrogen (secondary N) is 1. The van der Waals surface area contributed by atoms with Crippen molar-refractivity contribution in [3.05, 3.63) is 76.6 Å². The van der Waals surface area contributed by atoms with Gasteiger partial charge in [-0.05, 0) is 43.7 Å². The molecule has 1 amide bonds. The molecule has 0 fully saturated rings. The summed E-state index contributed by atoms with van der Waals surface area (Å²) in [5.41, 5.74) is 2.73. The van der Waals surface area contributed by atoms with Crippen LogP contribution < -0.4 is 15.6 Å². The number of hydrogen-bond donors (Lipinski definition) is 1. The summed E-state index contributed by atoms with van der Waals surface area (Å²) in [6.45, 7) is 2.23. The van der Waals surface area contributed by atoms with Crippen LogP contribution in [0.2, 0.25) is 0 Å². The maximum atomic E-state index is 12.2. The Hall–Kier alpha value is -3.62. The lowest BCUT2D eigenvalue weighted by molar-refractivity contribution is -0.274. The fourth-order valence-electron chi connectivity index (χ4n) is 2.84. The maximum Gasteiger partial charge on any atom is 0.573 e. The first-order valence-corrected chi connectivity index (χ1v) is 9.50. The monoisotopic (exact) mass is 431 g/mol. The molecule has 9 heteroatoms. The van der Waals surface area contributed by atoms with E-state index in [0.717, 1.165) is 23.3 Å². The summed E-state index contributed by atoms with van der Waals surface area (Å²) < 4.78 is 41.6. The topological polar surface area (TPSA) is 73.2 Å². The molecule has 6 nitrogen and oxygen atoms in total. The molecule has 1 aromatic heterocycles. The molecule has 1 heterocycles. The Labute approximate surface area is 176 Å². The third-order valence-corrected chi connectivity index (χ3v) is 4.36. The van der Waals surface area contributed by atoms with Crippen LogP contribution in [-0.2, 0) is 11.3 Å². The van der Waals surface area contributed by atoms with Gasteiger partial charge in [-0.25, -0.2) is 4.68 Å². The maximum absolute atomic E-state index is 12.2. The van der Waals surface area contributed by atoms with Crippen LogP contribution >= 0.6 is 0 Å². The molecule has 0 aliphatic heterocycles. The molecule has 1 N–H and O–H groups in total. The van der Waals surface area contributed by atoms with Gasteiger partial charge in [0.25, 0.3) is 5.56 Å². The number of amides is 1. The van der Waals surface area contributed by atoms with Crippen LogP contribution in [0.15, 0.2) is 65.5 Å². The van der Waals surface area contributed by atoms with E-state index in [0.29, 0.717) is 17.8 Å². The number of benzene rings is 2. The minimum Gasteiger partial charge on any atom is -0.406 e. The summed E-state index contributed by atoms with van der Waals surface area (Å²) in [4.78, 5) is 24.2. The summed E-state index contributed by atoms with van der Waals surface area (Å²) in [5, 5.41) is 6.95. The van der Waals surface area contributed by atoms with Crippen molar-refractivity contribution < 1.29 is 22.7 Å².